The summed E-state index contributed by atoms with van der Waals surface area (Å²) in [5.41, 5.74) is 0.656. The van der Waals surface area contributed by atoms with E-state index in [2.05, 4.69) is 5.32 Å². The highest BCUT2D eigenvalue weighted by molar-refractivity contribution is 6.54. The van der Waals surface area contributed by atoms with Gasteiger partial charge in [0.05, 0.1) is 27.4 Å². The molecule has 150 valence electrons. The molecule has 0 aliphatic carbocycles. The summed E-state index contributed by atoms with van der Waals surface area (Å²) in [5.74, 6) is -1.94. The van der Waals surface area contributed by atoms with Crippen LogP contribution in [0.2, 0.25) is 10.0 Å². The molecule has 0 saturated heterocycles. The van der Waals surface area contributed by atoms with E-state index in [0.717, 1.165) is 4.90 Å². The number of esters is 1. The van der Waals surface area contributed by atoms with Crippen LogP contribution in [0.25, 0.3) is 0 Å². The summed E-state index contributed by atoms with van der Waals surface area (Å²) in [6.07, 6.45) is -0.277. The quantitative estimate of drug-likeness (QED) is 0.509. The minimum Gasteiger partial charge on any atom is -0.459 e. The average Bonchev–Trinajstić information content (AvgIpc) is 2.87. The normalized spacial score (nSPS) is 14.1. The van der Waals surface area contributed by atoms with Gasteiger partial charge in [-0.05, 0) is 44.2 Å². The molecular formula is C20H15Cl3N2O4. The van der Waals surface area contributed by atoms with Gasteiger partial charge in [0.2, 0.25) is 0 Å². The van der Waals surface area contributed by atoms with Crippen LogP contribution < -0.4 is 10.2 Å². The second-order valence-corrected chi connectivity index (χ2v) is 7.53. The Balaban J connectivity index is 1.89. The maximum Gasteiger partial charge on any atom is 0.338 e. The Hall–Kier alpha value is -2.54. The average molecular weight is 454 g/mol. The Morgan fingerprint density at radius 1 is 1.03 bits per heavy atom. The number of amides is 2. The number of halogens is 3. The highest BCUT2D eigenvalue weighted by Crippen LogP contribution is 2.37. The van der Waals surface area contributed by atoms with Crippen molar-refractivity contribution in [2.24, 2.45) is 0 Å². The molecule has 0 spiro atoms. The molecule has 2 aromatic rings. The third-order valence-corrected chi connectivity index (χ3v) is 5.07. The maximum atomic E-state index is 12.9. The van der Waals surface area contributed by atoms with Crippen LogP contribution in [0.3, 0.4) is 0 Å². The number of rotatable bonds is 5. The zero-order valence-electron chi connectivity index (χ0n) is 15.3. The lowest BCUT2D eigenvalue weighted by molar-refractivity contribution is -0.120. The Kier molecular flexibility index (Phi) is 6.17. The van der Waals surface area contributed by atoms with Crippen LogP contribution in [0.15, 0.2) is 53.2 Å². The summed E-state index contributed by atoms with van der Waals surface area (Å²) < 4.78 is 5.16. The molecule has 0 atom stereocenters. The standard InChI is InChI=1S/C20H15Cl3N2O4/c1-10(2)29-20(28)11-5-3-6-12(9-11)24-17-16(23)18(26)25(19(17)27)14-8-4-7-13(21)15(14)22/h3-10,24H,1-2H3. The molecular weight excluding hydrogens is 439 g/mol. The summed E-state index contributed by atoms with van der Waals surface area (Å²) in [6, 6.07) is 10.9. The number of carbonyl (C=O) groups is 3. The van der Waals surface area contributed by atoms with Gasteiger partial charge in [-0.25, -0.2) is 9.69 Å². The number of carbonyl (C=O) groups excluding carboxylic acids is 3. The van der Waals surface area contributed by atoms with Crippen molar-refractivity contribution in [1.29, 1.82) is 0 Å². The first-order valence-corrected chi connectivity index (χ1v) is 9.64. The Labute approximate surface area is 182 Å². The number of ether oxygens (including phenoxy) is 1. The first-order valence-electron chi connectivity index (χ1n) is 8.51. The number of nitrogens with zero attached hydrogens (tertiary/aromatic N) is 1. The van der Waals surface area contributed by atoms with Crippen LogP contribution in [0.1, 0.15) is 24.2 Å². The molecule has 1 N–H and O–H groups in total. The molecule has 29 heavy (non-hydrogen) atoms. The van der Waals surface area contributed by atoms with Gasteiger partial charge in [-0.3, -0.25) is 9.59 Å². The lowest BCUT2D eigenvalue weighted by atomic mass is 10.2. The Morgan fingerprint density at radius 2 is 1.72 bits per heavy atom. The largest absolute Gasteiger partial charge is 0.459 e. The van der Waals surface area contributed by atoms with Crippen molar-refractivity contribution < 1.29 is 19.1 Å². The number of anilines is 2. The van der Waals surface area contributed by atoms with Crippen molar-refractivity contribution in [1.82, 2.24) is 0 Å². The zero-order chi connectivity index (χ0) is 21.3. The molecule has 0 fully saturated rings. The lowest BCUT2D eigenvalue weighted by Gasteiger charge is -2.17. The fourth-order valence-electron chi connectivity index (χ4n) is 2.65. The van der Waals surface area contributed by atoms with Crippen LogP contribution in [-0.4, -0.2) is 23.9 Å². The van der Waals surface area contributed by atoms with Gasteiger partial charge in [0.25, 0.3) is 11.8 Å². The summed E-state index contributed by atoms with van der Waals surface area (Å²) in [7, 11) is 0. The molecule has 0 saturated carbocycles. The van der Waals surface area contributed by atoms with Crippen molar-refractivity contribution in [3.8, 4) is 0 Å². The molecule has 6 nitrogen and oxygen atoms in total. The van der Waals surface area contributed by atoms with E-state index in [4.69, 9.17) is 39.5 Å². The molecule has 0 bridgehead atoms. The number of imide groups is 1. The number of hydrogen-bond acceptors (Lipinski definition) is 5. The summed E-state index contributed by atoms with van der Waals surface area (Å²) >= 11 is 18.2. The third kappa shape index (κ3) is 4.24. The van der Waals surface area contributed by atoms with Gasteiger partial charge in [0.1, 0.15) is 10.7 Å². The van der Waals surface area contributed by atoms with Crippen LogP contribution in [0.5, 0.6) is 0 Å². The van der Waals surface area contributed by atoms with Gasteiger partial charge in [-0.2, -0.15) is 0 Å². The van der Waals surface area contributed by atoms with E-state index < -0.39 is 17.8 Å². The topological polar surface area (TPSA) is 75.7 Å². The van der Waals surface area contributed by atoms with Crippen molar-refractivity contribution in [2.75, 3.05) is 10.2 Å². The molecule has 0 aromatic heterocycles. The molecule has 0 radical (unpaired) electrons. The summed E-state index contributed by atoms with van der Waals surface area (Å²) in [6.45, 7) is 3.48. The van der Waals surface area contributed by atoms with Crippen molar-refractivity contribution >= 4 is 64.0 Å². The fourth-order valence-corrected chi connectivity index (χ4v) is 3.24. The minimum atomic E-state index is -0.737. The highest BCUT2D eigenvalue weighted by atomic mass is 35.5. The third-order valence-electron chi connectivity index (χ3n) is 3.91. The van der Waals surface area contributed by atoms with Gasteiger partial charge in [0, 0.05) is 5.69 Å². The van der Waals surface area contributed by atoms with Crippen LogP contribution in [0, 0.1) is 0 Å². The Morgan fingerprint density at radius 3 is 2.41 bits per heavy atom. The smallest absolute Gasteiger partial charge is 0.338 e. The SMILES string of the molecule is CC(C)OC(=O)c1cccc(NC2=C(Cl)C(=O)N(c3cccc(Cl)c3Cl)C2=O)c1. The maximum absolute atomic E-state index is 12.9. The zero-order valence-corrected chi connectivity index (χ0v) is 17.6. The van der Waals surface area contributed by atoms with E-state index in [1.54, 1.807) is 38.1 Å². The summed E-state index contributed by atoms with van der Waals surface area (Å²) in [5, 5.41) is 2.75. The predicted molar refractivity (Wildman–Crippen MR) is 112 cm³/mol. The fraction of sp³-hybridized carbons (Fsp3) is 0.150. The minimum absolute atomic E-state index is 0.0556. The van der Waals surface area contributed by atoms with E-state index in [0.29, 0.717) is 5.69 Å². The number of nitrogens with one attached hydrogen (secondary N) is 1. The molecule has 2 aromatic carbocycles. The molecule has 0 unspecified atom stereocenters. The van der Waals surface area contributed by atoms with Crippen LogP contribution in [0.4, 0.5) is 11.4 Å². The van der Waals surface area contributed by atoms with Crippen molar-refractivity contribution in [3.63, 3.8) is 0 Å². The van der Waals surface area contributed by atoms with Crippen LogP contribution in [-0.2, 0) is 14.3 Å². The highest BCUT2D eigenvalue weighted by Gasteiger charge is 2.40. The van der Waals surface area contributed by atoms with E-state index in [1.165, 1.54) is 18.2 Å². The molecule has 1 aliphatic rings. The van der Waals surface area contributed by atoms with Gasteiger partial charge < -0.3 is 10.1 Å². The number of benzene rings is 2. The van der Waals surface area contributed by atoms with Gasteiger partial charge in [-0.15, -0.1) is 0 Å². The molecule has 9 heteroatoms. The van der Waals surface area contributed by atoms with Gasteiger partial charge in [-0.1, -0.05) is 46.9 Å². The molecule has 2 amide bonds. The Bertz CT molecular complexity index is 1050. The summed E-state index contributed by atoms with van der Waals surface area (Å²) in [4.78, 5) is 38.4. The van der Waals surface area contributed by atoms with E-state index in [-0.39, 0.29) is 38.1 Å². The second kappa shape index (κ2) is 8.45. The van der Waals surface area contributed by atoms with Crippen molar-refractivity contribution in [3.05, 3.63) is 68.8 Å². The number of hydrogen-bond donors (Lipinski definition) is 1. The first-order chi connectivity index (χ1) is 13.7. The van der Waals surface area contributed by atoms with E-state index in [9.17, 15) is 14.4 Å². The molecule has 3 rings (SSSR count). The van der Waals surface area contributed by atoms with E-state index >= 15 is 0 Å². The lowest BCUT2D eigenvalue weighted by Crippen LogP contribution is -2.32. The first kappa shape index (κ1) is 21.2. The van der Waals surface area contributed by atoms with Crippen molar-refractivity contribution in [2.45, 2.75) is 20.0 Å². The predicted octanol–water partition coefficient (Wildman–Crippen LogP) is 4.99. The van der Waals surface area contributed by atoms with Crippen LogP contribution >= 0.6 is 34.8 Å². The van der Waals surface area contributed by atoms with Gasteiger partial charge >= 0.3 is 5.97 Å². The van der Waals surface area contributed by atoms with Gasteiger partial charge in [0.15, 0.2) is 0 Å². The monoisotopic (exact) mass is 452 g/mol. The molecule has 1 aliphatic heterocycles. The second-order valence-electron chi connectivity index (χ2n) is 6.37. The molecule has 1 heterocycles. The van der Waals surface area contributed by atoms with E-state index in [1.807, 2.05) is 0 Å².